The molecule has 3 rings (SSSR count). The van der Waals surface area contributed by atoms with Gasteiger partial charge in [-0.3, -0.25) is 4.68 Å². The van der Waals surface area contributed by atoms with E-state index in [0.29, 0.717) is 5.92 Å². The summed E-state index contributed by atoms with van der Waals surface area (Å²) in [4.78, 5) is 0. The summed E-state index contributed by atoms with van der Waals surface area (Å²) in [6.45, 7) is 2.79. The largest absolute Gasteiger partial charge is 0.373 e. The molecule has 2 atom stereocenters. The molecule has 2 aromatic heterocycles. The Morgan fingerprint density at radius 3 is 3.26 bits per heavy atom. The molecule has 0 radical (unpaired) electrons. The molecule has 1 aliphatic rings. The SMILES string of the molecule is Cn1cc([C@@H]2OCC[C@@H]2CNCc2ccsc2)cn1. The highest BCUT2D eigenvalue weighted by Crippen LogP contribution is 2.33. The first-order valence-corrected chi connectivity index (χ1v) is 7.59. The second kappa shape index (κ2) is 5.86. The summed E-state index contributed by atoms with van der Waals surface area (Å²) >= 11 is 1.75. The van der Waals surface area contributed by atoms with Gasteiger partial charge in [0.15, 0.2) is 0 Å². The minimum atomic E-state index is 0.198. The van der Waals surface area contributed by atoms with Crippen LogP contribution < -0.4 is 5.32 Å². The number of aromatic nitrogens is 2. The molecule has 19 heavy (non-hydrogen) atoms. The van der Waals surface area contributed by atoms with Crippen LogP contribution in [0, 0.1) is 5.92 Å². The van der Waals surface area contributed by atoms with Gasteiger partial charge >= 0.3 is 0 Å². The van der Waals surface area contributed by atoms with Gasteiger partial charge < -0.3 is 10.1 Å². The fourth-order valence-corrected chi connectivity index (χ4v) is 3.26. The second-order valence-corrected chi connectivity index (χ2v) is 5.83. The Bertz CT molecular complexity index is 509. The van der Waals surface area contributed by atoms with Crippen molar-refractivity contribution >= 4 is 11.3 Å². The van der Waals surface area contributed by atoms with E-state index >= 15 is 0 Å². The van der Waals surface area contributed by atoms with Gasteiger partial charge in [-0.05, 0) is 28.8 Å². The Labute approximate surface area is 117 Å². The molecule has 0 amide bonds. The lowest BCUT2D eigenvalue weighted by Crippen LogP contribution is -2.24. The van der Waals surface area contributed by atoms with Crippen molar-refractivity contribution in [2.75, 3.05) is 13.2 Å². The molecule has 2 aromatic rings. The standard InChI is InChI=1S/C14H19N3OS/c1-17-9-13(8-16-17)14-12(2-4-18-14)7-15-6-11-3-5-19-10-11/h3,5,8-10,12,14-15H,2,4,6-7H2,1H3/t12-,14-/m1/s1. The number of rotatable bonds is 5. The maximum atomic E-state index is 5.86. The molecule has 0 aromatic carbocycles. The number of nitrogens with zero attached hydrogens (tertiary/aromatic N) is 2. The highest BCUT2D eigenvalue weighted by Gasteiger charge is 2.30. The van der Waals surface area contributed by atoms with Gasteiger partial charge in [-0.25, -0.2) is 0 Å². The average molecular weight is 277 g/mol. The molecule has 0 unspecified atom stereocenters. The molecule has 4 nitrogen and oxygen atoms in total. The van der Waals surface area contributed by atoms with E-state index in [1.807, 2.05) is 17.9 Å². The molecule has 1 aliphatic heterocycles. The minimum Gasteiger partial charge on any atom is -0.373 e. The van der Waals surface area contributed by atoms with Gasteiger partial charge in [0.1, 0.15) is 0 Å². The van der Waals surface area contributed by atoms with E-state index in [-0.39, 0.29) is 6.10 Å². The molecule has 5 heteroatoms. The summed E-state index contributed by atoms with van der Waals surface area (Å²) in [5, 5.41) is 12.1. The maximum absolute atomic E-state index is 5.86. The third kappa shape index (κ3) is 3.05. The lowest BCUT2D eigenvalue weighted by atomic mass is 9.97. The first-order valence-electron chi connectivity index (χ1n) is 6.65. The van der Waals surface area contributed by atoms with E-state index < -0.39 is 0 Å². The van der Waals surface area contributed by atoms with Crippen molar-refractivity contribution in [1.29, 1.82) is 0 Å². The minimum absolute atomic E-state index is 0.198. The van der Waals surface area contributed by atoms with Crippen molar-refractivity contribution in [3.05, 3.63) is 40.3 Å². The Hall–Kier alpha value is -1.17. The Morgan fingerprint density at radius 1 is 1.58 bits per heavy atom. The van der Waals surface area contributed by atoms with Crippen molar-refractivity contribution in [3.63, 3.8) is 0 Å². The van der Waals surface area contributed by atoms with E-state index in [9.17, 15) is 0 Å². The number of ether oxygens (including phenoxy) is 1. The lowest BCUT2D eigenvalue weighted by molar-refractivity contribution is 0.0904. The van der Waals surface area contributed by atoms with Gasteiger partial charge in [-0.2, -0.15) is 16.4 Å². The van der Waals surface area contributed by atoms with Crippen LogP contribution >= 0.6 is 11.3 Å². The first-order chi connectivity index (χ1) is 9.33. The van der Waals surface area contributed by atoms with Crippen LogP contribution in [0.25, 0.3) is 0 Å². The third-order valence-electron chi connectivity index (χ3n) is 3.58. The highest BCUT2D eigenvalue weighted by molar-refractivity contribution is 7.07. The van der Waals surface area contributed by atoms with Crippen LogP contribution in [0.3, 0.4) is 0 Å². The lowest BCUT2D eigenvalue weighted by Gasteiger charge is -2.17. The molecule has 102 valence electrons. The normalized spacial score (nSPS) is 23.0. The summed E-state index contributed by atoms with van der Waals surface area (Å²) < 4.78 is 7.70. The summed E-state index contributed by atoms with van der Waals surface area (Å²) in [5.74, 6) is 0.544. The van der Waals surface area contributed by atoms with Gasteiger partial charge in [-0.1, -0.05) is 0 Å². The fraction of sp³-hybridized carbons (Fsp3) is 0.500. The van der Waals surface area contributed by atoms with Crippen molar-refractivity contribution in [2.24, 2.45) is 13.0 Å². The quantitative estimate of drug-likeness (QED) is 0.912. The molecule has 1 N–H and O–H groups in total. The number of nitrogens with one attached hydrogen (secondary N) is 1. The molecular formula is C14H19N3OS. The van der Waals surface area contributed by atoms with Crippen molar-refractivity contribution in [1.82, 2.24) is 15.1 Å². The monoisotopic (exact) mass is 277 g/mol. The van der Waals surface area contributed by atoms with Crippen molar-refractivity contribution < 1.29 is 4.74 Å². The van der Waals surface area contributed by atoms with E-state index in [1.54, 1.807) is 11.3 Å². The van der Waals surface area contributed by atoms with Crippen LogP contribution in [-0.4, -0.2) is 22.9 Å². The number of thiophene rings is 1. The predicted molar refractivity (Wildman–Crippen MR) is 76.0 cm³/mol. The molecule has 0 bridgehead atoms. The van der Waals surface area contributed by atoms with Gasteiger partial charge in [-0.15, -0.1) is 0 Å². The Morgan fingerprint density at radius 2 is 2.53 bits per heavy atom. The summed E-state index contributed by atoms with van der Waals surface area (Å²) in [6.07, 6.45) is 5.29. The Kier molecular flexibility index (Phi) is 3.96. The molecule has 1 fully saturated rings. The molecule has 1 saturated heterocycles. The molecular weight excluding hydrogens is 258 g/mol. The summed E-state index contributed by atoms with van der Waals surface area (Å²) in [7, 11) is 1.95. The zero-order chi connectivity index (χ0) is 13.1. The Balaban J connectivity index is 1.55. The third-order valence-corrected chi connectivity index (χ3v) is 4.32. The number of aryl methyl sites for hydroxylation is 1. The average Bonchev–Trinajstić information content (AvgIpc) is 3.10. The van der Waals surface area contributed by atoms with Crippen LogP contribution in [0.5, 0.6) is 0 Å². The van der Waals surface area contributed by atoms with Crippen LogP contribution in [0.15, 0.2) is 29.2 Å². The smallest absolute Gasteiger partial charge is 0.0896 e. The second-order valence-electron chi connectivity index (χ2n) is 5.05. The highest BCUT2D eigenvalue weighted by atomic mass is 32.1. The topological polar surface area (TPSA) is 39.1 Å². The molecule has 0 aliphatic carbocycles. The van der Waals surface area contributed by atoms with E-state index in [2.05, 4.69) is 33.4 Å². The van der Waals surface area contributed by atoms with Crippen LogP contribution in [-0.2, 0) is 18.3 Å². The first kappa shape index (κ1) is 12.8. The van der Waals surface area contributed by atoms with Crippen LogP contribution in [0.4, 0.5) is 0 Å². The van der Waals surface area contributed by atoms with Crippen LogP contribution in [0.2, 0.25) is 0 Å². The van der Waals surface area contributed by atoms with Crippen molar-refractivity contribution in [3.8, 4) is 0 Å². The molecule has 0 saturated carbocycles. The van der Waals surface area contributed by atoms with E-state index in [1.165, 1.54) is 11.1 Å². The zero-order valence-corrected chi connectivity index (χ0v) is 11.9. The zero-order valence-electron chi connectivity index (χ0n) is 11.1. The fourth-order valence-electron chi connectivity index (χ4n) is 2.59. The van der Waals surface area contributed by atoms with Crippen LogP contribution in [0.1, 0.15) is 23.7 Å². The van der Waals surface area contributed by atoms with Gasteiger partial charge in [0, 0.05) is 44.4 Å². The van der Waals surface area contributed by atoms with Gasteiger partial charge in [0.25, 0.3) is 0 Å². The van der Waals surface area contributed by atoms with Gasteiger partial charge in [0.2, 0.25) is 0 Å². The molecule has 0 spiro atoms. The van der Waals surface area contributed by atoms with Gasteiger partial charge in [0.05, 0.1) is 12.3 Å². The van der Waals surface area contributed by atoms with E-state index in [0.717, 1.165) is 26.1 Å². The van der Waals surface area contributed by atoms with E-state index in [4.69, 9.17) is 4.74 Å². The summed E-state index contributed by atoms with van der Waals surface area (Å²) in [6, 6.07) is 2.17. The number of hydrogen-bond acceptors (Lipinski definition) is 4. The maximum Gasteiger partial charge on any atom is 0.0896 e. The number of hydrogen-bond donors (Lipinski definition) is 1. The summed E-state index contributed by atoms with van der Waals surface area (Å²) in [5.41, 5.74) is 2.56. The molecule has 3 heterocycles. The predicted octanol–water partition coefficient (Wildman–Crippen LogP) is 2.35. The van der Waals surface area contributed by atoms with Crippen molar-refractivity contribution in [2.45, 2.75) is 19.1 Å².